The summed E-state index contributed by atoms with van der Waals surface area (Å²) in [7, 11) is 0. The highest BCUT2D eigenvalue weighted by Crippen LogP contribution is 2.32. The number of hydrogen-bond acceptors (Lipinski definition) is 4. The highest BCUT2D eigenvalue weighted by atomic mass is 16.5. The Labute approximate surface area is 137 Å². The molecule has 1 aromatic carbocycles. The molecule has 1 atom stereocenters. The lowest BCUT2D eigenvalue weighted by molar-refractivity contribution is 0.177. The highest BCUT2D eigenvalue weighted by Gasteiger charge is 2.26. The molecule has 2 fully saturated rings. The number of aryl methyl sites for hydroxylation is 1. The van der Waals surface area contributed by atoms with Gasteiger partial charge in [0.15, 0.2) is 5.82 Å². The third-order valence-corrected chi connectivity index (χ3v) is 5.17. The molecule has 122 valence electrons. The molecule has 0 radical (unpaired) electrons. The van der Waals surface area contributed by atoms with Gasteiger partial charge in [-0.1, -0.05) is 29.4 Å². The van der Waals surface area contributed by atoms with Gasteiger partial charge < -0.3 is 4.52 Å². The molecule has 23 heavy (non-hydrogen) atoms. The zero-order chi connectivity index (χ0) is 15.6. The smallest absolute Gasteiger partial charge is 0.240 e. The molecule has 1 aliphatic heterocycles. The summed E-state index contributed by atoms with van der Waals surface area (Å²) in [6.45, 7) is 5.23. The number of rotatable bonds is 5. The van der Waals surface area contributed by atoms with Crippen molar-refractivity contribution in [2.45, 2.75) is 51.5 Å². The number of piperidine rings is 1. The summed E-state index contributed by atoms with van der Waals surface area (Å²) in [6.07, 6.45) is 6.16. The Kier molecular flexibility index (Phi) is 4.17. The van der Waals surface area contributed by atoms with Crippen LogP contribution in [0.25, 0.3) is 0 Å². The van der Waals surface area contributed by atoms with Crippen LogP contribution in [-0.4, -0.2) is 28.1 Å². The van der Waals surface area contributed by atoms with Crippen LogP contribution in [0.2, 0.25) is 0 Å². The van der Waals surface area contributed by atoms with Crippen LogP contribution >= 0.6 is 0 Å². The molecular weight excluding hydrogens is 286 g/mol. The van der Waals surface area contributed by atoms with Gasteiger partial charge in [-0.15, -0.1) is 0 Å². The zero-order valence-electron chi connectivity index (χ0n) is 13.9. The number of benzene rings is 1. The van der Waals surface area contributed by atoms with Gasteiger partial charge in [-0.25, -0.2) is 0 Å². The van der Waals surface area contributed by atoms with E-state index in [2.05, 4.69) is 46.2 Å². The standard InChI is InChI=1S/C19H25N3O/c1-14-5-2-3-7-17(14)16-6-4-10-22(12-16)13-19-20-18(21-23-19)11-15-8-9-15/h2-3,5,7,15-16H,4,6,8-13H2,1H3/t16-/m0/s1. The molecular formula is C19H25N3O. The minimum absolute atomic E-state index is 0.624. The fraction of sp³-hybridized carbons (Fsp3) is 0.579. The number of likely N-dealkylation sites (tertiary alicyclic amines) is 1. The van der Waals surface area contributed by atoms with Crippen molar-refractivity contribution < 1.29 is 4.52 Å². The van der Waals surface area contributed by atoms with Crippen molar-refractivity contribution in [3.63, 3.8) is 0 Å². The van der Waals surface area contributed by atoms with Crippen LogP contribution in [0.5, 0.6) is 0 Å². The van der Waals surface area contributed by atoms with Gasteiger partial charge in [0.1, 0.15) is 0 Å². The fourth-order valence-corrected chi connectivity index (χ4v) is 3.71. The topological polar surface area (TPSA) is 42.2 Å². The van der Waals surface area contributed by atoms with E-state index in [0.29, 0.717) is 5.92 Å². The molecule has 2 aromatic rings. The molecule has 1 saturated heterocycles. The molecule has 2 aliphatic rings. The predicted molar refractivity (Wildman–Crippen MR) is 89.2 cm³/mol. The summed E-state index contributed by atoms with van der Waals surface area (Å²) in [5, 5.41) is 4.14. The van der Waals surface area contributed by atoms with E-state index in [1.807, 2.05) is 0 Å². The van der Waals surface area contributed by atoms with Gasteiger partial charge in [-0.2, -0.15) is 4.98 Å². The van der Waals surface area contributed by atoms with Crippen molar-refractivity contribution in [1.82, 2.24) is 15.0 Å². The van der Waals surface area contributed by atoms with E-state index in [-0.39, 0.29) is 0 Å². The van der Waals surface area contributed by atoms with E-state index in [0.717, 1.165) is 43.7 Å². The van der Waals surface area contributed by atoms with Crippen LogP contribution in [0.1, 0.15) is 54.4 Å². The maximum atomic E-state index is 5.46. The SMILES string of the molecule is Cc1ccccc1[C@H]1CCCN(Cc2nc(CC3CC3)no2)C1. The van der Waals surface area contributed by atoms with E-state index in [1.165, 1.54) is 36.8 Å². The van der Waals surface area contributed by atoms with Gasteiger partial charge in [0.2, 0.25) is 5.89 Å². The van der Waals surface area contributed by atoms with Gasteiger partial charge in [0.25, 0.3) is 0 Å². The number of nitrogens with zero attached hydrogens (tertiary/aromatic N) is 3. The van der Waals surface area contributed by atoms with Crippen LogP contribution in [0.15, 0.2) is 28.8 Å². The van der Waals surface area contributed by atoms with E-state index in [1.54, 1.807) is 0 Å². The second-order valence-corrected chi connectivity index (χ2v) is 7.18. The Morgan fingerprint density at radius 1 is 1.22 bits per heavy atom. The quantitative estimate of drug-likeness (QED) is 0.844. The lowest BCUT2D eigenvalue weighted by atomic mass is 9.88. The third kappa shape index (κ3) is 3.63. The first kappa shape index (κ1) is 14.9. The summed E-state index contributed by atoms with van der Waals surface area (Å²) in [5.41, 5.74) is 2.90. The maximum Gasteiger partial charge on any atom is 0.240 e. The van der Waals surface area contributed by atoms with Crippen molar-refractivity contribution in [2.24, 2.45) is 5.92 Å². The summed E-state index contributed by atoms with van der Waals surface area (Å²) in [4.78, 5) is 7.05. The second kappa shape index (κ2) is 6.44. The van der Waals surface area contributed by atoms with Gasteiger partial charge in [0.05, 0.1) is 6.54 Å². The van der Waals surface area contributed by atoms with Gasteiger partial charge in [-0.05, 0) is 62.1 Å². The highest BCUT2D eigenvalue weighted by molar-refractivity contribution is 5.29. The Morgan fingerprint density at radius 2 is 2.09 bits per heavy atom. The summed E-state index contributed by atoms with van der Waals surface area (Å²) in [5.74, 6) is 3.11. The Bertz CT molecular complexity index is 662. The first-order chi connectivity index (χ1) is 11.3. The van der Waals surface area contributed by atoms with Gasteiger partial charge in [-0.3, -0.25) is 4.90 Å². The van der Waals surface area contributed by atoms with Crippen molar-refractivity contribution in [1.29, 1.82) is 0 Å². The van der Waals surface area contributed by atoms with Crippen molar-refractivity contribution in [2.75, 3.05) is 13.1 Å². The molecule has 1 aromatic heterocycles. The number of aromatic nitrogens is 2. The van der Waals surface area contributed by atoms with Crippen LogP contribution in [-0.2, 0) is 13.0 Å². The molecule has 0 spiro atoms. The van der Waals surface area contributed by atoms with Crippen molar-refractivity contribution >= 4 is 0 Å². The van der Waals surface area contributed by atoms with E-state index >= 15 is 0 Å². The lowest BCUT2D eigenvalue weighted by Crippen LogP contribution is -2.34. The molecule has 0 bridgehead atoms. The monoisotopic (exact) mass is 311 g/mol. The van der Waals surface area contributed by atoms with Crippen LogP contribution in [0.3, 0.4) is 0 Å². The first-order valence-electron chi connectivity index (χ1n) is 8.87. The largest absolute Gasteiger partial charge is 0.338 e. The molecule has 2 heterocycles. The van der Waals surface area contributed by atoms with E-state index in [9.17, 15) is 0 Å². The van der Waals surface area contributed by atoms with Crippen LogP contribution in [0, 0.1) is 12.8 Å². The molecule has 0 unspecified atom stereocenters. The Morgan fingerprint density at radius 3 is 2.91 bits per heavy atom. The molecule has 0 N–H and O–H groups in total. The minimum Gasteiger partial charge on any atom is -0.338 e. The lowest BCUT2D eigenvalue weighted by Gasteiger charge is -2.32. The zero-order valence-corrected chi connectivity index (χ0v) is 13.9. The summed E-state index contributed by atoms with van der Waals surface area (Å²) < 4.78 is 5.46. The maximum absolute atomic E-state index is 5.46. The van der Waals surface area contributed by atoms with Crippen molar-refractivity contribution in [3.05, 3.63) is 47.1 Å². The van der Waals surface area contributed by atoms with Gasteiger partial charge >= 0.3 is 0 Å². The summed E-state index contributed by atoms with van der Waals surface area (Å²) >= 11 is 0. The average molecular weight is 311 g/mol. The Hall–Kier alpha value is -1.68. The van der Waals surface area contributed by atoms with Crippen molar-refractivity contribution in [3.8, 4) is 0 Å². The molecule has 1 aliphatic carbocycles. The van der Waals surface area contributed by atoms with E-state index in [4.69, 9.17) is 4.52 Å². The van der Waals surface area contributed by atoms with Crippen LogP contribution in [0.4, 0.5) is 0 Å². The van der Waals surface area contributed by atoms with Gasteiger partial charge in [0, 0.05) is 13.0 Å². The number of hydrogen-bond donors (Lipinski definition) is 0. The second-order valence-electron chi connectivity index (χ2n) is 7.18. The Balaban J connectivity index is 1.39. The average Bonchev–Trinajstić information content (AvgIpc) is 3.27. The molecule has 1 saturated carbocycles. The molecule has 4 rings (SSSR count). The third-order valence-electron chi connectivity index (χ3n) is 5.17. The first-order valence-corrected chi connectivity index (χ1v) is 8.87. The van der Waals surface area contributed by atoms with Crippen LogP contribution < -0.4 is 0 Å². The molecule has 4 heteroatoms. The molecule has 4 nitrogen and oxygen atoms in total. The van der Waals surface area contributed by atoms with E-state index < -0.39 is 0 Å². The molecule has 0 amide bonds. The predicted octanol–water partition coefficient (Wildman–Crippen LogP) is 3.71. The normalized spacial score (nSPS) is 22.4. The summed E-state index contributed by atoms with van der Waals surface area (Å²) in [6, 6.07) is 8.78. The fourth-order valence-electron chi connectivity index (χ4n) is 3.71. The minimum atomic E-state index is 0.624.